The number of esters is 1. The molecule has 0 amide bonds. The zero-order valence-corrected chi connectivity index (χ0v) is 15.4. The predicted octanol–water partition coefficient (Wildman–Crippen LogP) is 3.43. The van der Waals surface area contributed by atoms with E-state index < -0.39 is 0 Å². The van der Waals surface area contributed by atoms with Crippen molar-refractivity contribution in [2.24, 2.45) is 0 Å². The van der Waals surface area contributed by atoms with Crippen LogP contribution < -0.4 is 0 Å². The highest BCUT2D eigenvalue weighted by Gasteiger charge is 2.32. The Kier molecular flexibility index (Phi) is 4.31. The van der Waals surface area contributed by atoms with Gasteiger partial charge in [-0.3, -0.25) is 14.8 Å². The van der Waals surface area contributed by atoms with Gasteiger partial charge in [0, 0.05) is 22.9 Å². The molecule has 25 heavy (non-hydrogen) atoms. The largest absolute Gasteiger partial charge is 0.468 e. The van der Waals surface area contributed by atoms with Gasteiger partial charge < -0.3 is 4.74 Å². The number of methoxy groups -OCH3 is 1. The van der Waals surface area contributed by atoms with Crippen molar-refractivity contribution in [3.63, 3.8) is 0 Å². The number of benzene rings is 2. The standard InChI is InChI=1S/C19H18BrN3O2/c1-25-19(24)18-8-12-4-2-3-5-13(12)10-23(18)11-17-15-9-14(20)6-7-16(15)21-22-17/h2-7,9,18H,8,10-11H2,1H3,(H,21,22). The van der Waals surface area contributed by atoms with Gasteiger partial charge in [-0.1, -0.05) is 40.2 Å². The first-order valence-corrected chi connectivity index (χ1v) is 8.96. The Morgan fingerprint density at radius 1 is 1.32 bits per heavy atom. The molecule has 1 aliphatic heterocycles. The summed E-state index contributed by atoms with van der Waals surface area (Å²) in [4.78, 5) is 14.5. The van der Waals surface area contributed by atoms with Gasteiger partial charge in [0.25, 0.3) is 0 Å². The summed E-state index contributed by atoms with van der Waals surface area (Å²) in [5.74, 6) is -0.195. The van der Waals surface area contributed by atoms with Gasteiger partial charge in [-0.25, -0.2) is 0 Å². The number of carbonyl (C=O) groups is 1. The minimum atomic E-state index is -0.287. The Bertz CT molecular complexity index is 937. The SMILES string of the molecule is COC(=O)C1Cc2ccccc2CN1Cc1[nH]nc2ccc(Br)cc12. The summed E-state index contributed by atoms with van der Waals surface area (Å²) in [6.07, 6.45) is 0.665. The van der Waals surface area contributed by atoms with Crippen LogP contribution >= 0.6 is 15.9 Å². The van der Waals surface area contributed by atoms with Gasteiger partial charge in [-0.2, -0.15) is 5.10 Å². The molecule has 0 saturated heterocycles. The van der Waals surface area contributed by atoms with E-state index in [0.29, 0.717) is 19.5 Å². The fraction of sp³-hybridized carbons (Fsp3) is 0.263. The topological polar surface area (TPSA) is 58.2 Å². The number of hydrogen-bond acceptors (Lipinski definition) is 4. The van der Waals surface area contributed by atoms with Crippen molar-refractivity contribution in [1.29, 1.82) is 0 Å². The minimum Gasteiger partial charge on any atom is -0.468 e. The molecule has 0 aliphatic carbocycles. The fourth-order valence-corrected chi connectivity index (χ4v) is 3.83. The number of aromatic amines is 1. The number of aromatic nitrogens is 2. The molecule has 0 spiro atoms. The van der Waals surface area contributed by atoms with E-state index in [0.717, 1.165) is 21.1 Å². The number of nitrogens with zero attached hydrogens (tertiary/aromatic N) is 2. The van der Waals surface area contributed by atoms with Crippen LogP contribution in [-0.2, 0) is 29.0 Å². The lowest BCUT2D eigenvalue weighted by atomic mass is 9.93. The van der Waals surface area contributed by atoms with E-state index in [1.807, 2.05) is 24.3 Å². The molecule has 128 valence electrons. The molecule has 1 aromatic heterocycles. The number of fused-ring (bicyclic) bond motifs is 2. The predicted molar refractivity (Wildman–Crippen MR) is 99.0 cm³/mol. The Labute approximate surface area is 154 Å². The van der Waals surface area contributed by atoms with E-state index in [4.69, 9.17) is 4.74 Å². The minimum absolute atomic E-state index is 0.195. The van der Waals surface area contributed by atoms with E-state index in [9.17, 15) is 4.79 Å². The van der Waals surface area contributed by atoms with Gasteiger partial charge in [0.1, 0.15) is 6.04 Å². The average Bonchev–Trinajstić information content (AvgIpc) is 3.02. The van der Waals surface area contributed by atoms with Gasteiger partial charge >= 0.3 is 5.97 Å². The molecule has 5 nitrogen and oxygen atoms in total. The Morgan fingerprint density at radius 2 is 2.12 bits per heavy atom. The summed E-state index contributed by atoms with van der Waals surface area (Å²) in [7, 11) is 1.45. The van der Waals surface area contributed by atoms with Gasteiger partial charge in [-0.15, -0.1) is 0 Å². The van der Waals surface area contributed by atoms with E-state index in [-0.39, 0.29) is 12.0 Å². The normalized spacial score (nSPS) is 17.4. The van der Waals surface area contributed by atoms with Crippen molar-refractivity contribution in [3.05, 3.63) is 63.8 Å². The van der Waals surface area contributed by atoms with Crippen molar-refractivity contribution in [3.8, 4) is 0 Å². The molecule has 3 aromatic rings. The third kappa shape index (κ3) is 3.07. The number of ether oxygens (including phenoxy) is 1. The summed E-state index contributed by atoms with van der Waals surface area (Å²) < 4.78 is 6.06. The molecule has 0 bridgehead atoms. The van der Waals surface area contributed by atoms with Gasteiger partial charge in [-0.05, 0) is 35.7 Å². The van der Waals surface area contributed by atoms with Crippen molar-refractivity contribution < 1.29 is 9.53 Å². The van der Waals surface area contributed by atoms with Crippen LogP contribution in [0.4, 0.5) is 0 Å². The number of rotatable bonds is 3. The molecule has 0 radical (unpaired) electrons. The summed E-state index contributed by atoms with van der Waals surface area (Å²) in [6.45, 7) is 1.32. The van der Waals surface area contributed by atoms with Gasteiger partial charge in [0.15, 0.2) is 0 Å². The molecule has 0 fully saturated rings. The highest BCUT2D eigenvalue weighted by atomic mass is 79.9. The van der Waals surface area contributed by atoms with E-state index in [1.54, 1.807) is 0 Å². The molecule has 2 heterocycles. The summed E-state index contributed by atoms with van der Waals surface area (Å²) >= 11 is 3.51. The third-order valence-corrected chi connectivity index (χ3v) is 5.27. The van der Waals surface area contributed by atoms with Crippen molar-refractivity contribution in [2.75, 3.05) is 7.11 Å². The monoisotopic (exact) mass is 399 g/mol. The van der Waals surface area contributed by atoms with Gasteiger partial charge in [0.2, 0.25) is 0 Å². The number of carbonyl (C=O) groups excluding carboxylic acids is 1. The van der Waals surface area contributed by atoms with Crippen LogP contribution in [0.15, 0.2) is 46.9 Å². The maximum absolute atomic E-state index is 12.3. The molecule has 2 aromatic carbocycles. The highest BCUT2D eigenvalue weighted by Crippen LogP contribution is 2.28. The van der Waals surface area contributed by atoms with E-state index in [1.165, 1.54) is 18.2 Å². The summed E-state index contributed by atoms with van der Waals surface area (Å²) in [6, 6.07) is 14.0. The van der Waals surface area contributed by atoms with Crippen LogP contribution in [0.5, 0.6) is 0 Å². The summed E-state index contributed by atoms with van der Waals surface area (Å²) in [5, 5.41) is 8.56. The molecular weight excluding hydrogens is 382 g/mol. The molecule has 1 unspecified atom stereocenters. The molecule has 0 saturated carbocycles. The number of nitrogens with one attached hydrogen (secondary N) is 1. The first-order chi connectivity index (χ1) is 12.2. The second kappa shape index (κ2) is 6.61. The quantitative estimate of drug-likeness (QED) is 0.685. The summed E-state index contributed by atoms with van der Waals surface area (Å²) in [5.41, 5.74) is 4.40. The molecule has 6 heteroatoms. The van der Waals surface area contributed by atoms with Crippen molar-refractivity contribution in [1.82, 2.24) is 15.1 Å². The maximum Gasteiger partial charge on any atom is 0.323 e. The second-order valence-corrected chi connectivity index (χ2v) is 7.20. The van der Waals surface area contributed by atoms with Crippen LogP contribution in [0.2, 0.25) is 0 Å². The first-order valence-electron chi connectivity index (χ1n) is 8.17. The second-order valence-electron chi connectivity index (χ2n) is 6.28. The maximum atomic E-state index is 12.3. The number of halogens is 1. The number of H-pyrrole nitrogens is 1. The fourth-order valence-electron chi connectivity index (χ4n) is 3.47. The molecule has 1 atom stereocenters. The molecule has 1 aliphatic rings. The van der Waals surface area contributed by atoms with Crippen molar-refractivity contribution in [2.45, 2.75) is 25.6 Å². The van der Waals surface area contributed by atoms with Crippen LogP contribution in [0, 0.1) is 0 Å². The van der Waals surface area contributed by atoms with Crippen LogP contribution in [-0.4, -0.2) is 34.2 Å². The molecule has 4 rings (SSSR count). The number of hydrogen-bond donors (Lipinski definition) is 1. The lowest BCUT2D eigenvalue weighted by molar-refractivity contribution is -0.148. The third-order valence-electron chi connectivity index (χ3n) is 4.78. The van der Waals surface area contributed by atoms with Gasteiger partial charge in [0.05, 0.1) is 18.3 Å². The zero-order valence-electron chi connectivity index (χ0n) is 13.8. The smallest absolute Gasteiger partial charge is 0.323 e. The highest BCUT2D eigenvalue weighted by molar-refractivity contribution is 9.10. The lowest BCUT2D eigenvalue weighted by Gasteiger charge is -2.34. The molecule has 1 N–H and O–H groups in total. The molecular formula is C19H18BrN3O2. The first kappa shape index (κ1) is 16.3. The Morgan fingerprint density at radius 3 is 2.92 bits per heavy atom. The lowest BCUT2D eigenvalue weighted by Crippen LogP contribution is -2.45. The Balaban J connectivity index is 1.69. The van der Waals surface area contributed by atoms with E-state index in [2.05, 4.69) is 49.2 Å². The average molecular weight is 400 g/mol. The van der Waals surface area contributed by atoms with E-state index >= 15 is 0 Å². The van der Waals surface area contributed by atoms with Crippen LogP contribution in [0.3, 0.4) is 0 Å². The van der Waals surface area contributed by atoms with Crippen molar-refractivity contribution >= 4 is 32.8 Å². The van der Waals surface area contributed by atoms with Crippen LogP contribution in [0.1, 0.15) is 16.8 Å². The Hall–Kier alpha value is -2.18. The zero-order chi connectivity index (χ0) is 17.4. The van der Waals surface area contributed by atoms with Crippen LogP contribution in [0.25, 0.3) is 10.9 Å².